The second-order valence-electron chi connectivity index (χ2n) is 8.71. The Kier molecular flexibility index (Phi) is 4.93. The summed E-state index contributed by atoms with van der Waals surface area (Å²) in [6.07, 6.45) is 2.74. The maximum atomic E-state index is 12.8. The first-order valence-electron chi connectivity index (χ1n) is 11.3. The molecule has 0 amide bonds. The van der Waals surface area contributed by atoms with E-state index in [0.717, 1.165) is 42.1 Å². The van der Waals surface area contributed by atoms with Crippen LogP contribution in [0.4, 0.5) is 11.4 Å². The largest absolute Gasteiger partial charge is 0.373 e. The van der Waals surface area contributed by atoms with Gasteiger partial charge in [-0.25, -0.2) is 0 Å². The molecular weight excluding hydrogens is 414 g/mol. The van der Waals surface area contributed by atoms with Crippen molar-refractivity contribution in [1.29, 1.82) is 0 Å². The number of nitrogens with zero attached hydrogens (tertiary/aromatic N) is 1. The maximum absolute atomic E-state index is 12.8. The van der Waals surface area contributed by atoms with Crippen LogP contribution < -0.4 is 4.90 Å². The van der Waals surface area contributed by atoms with Gasteiger partial charge >= 0.3 is 0 Å². The second-order valence-corrected chi connectivity index (χ2v) is 8.71. The molecule has 0 N–H and O–H groups in total. The molecular formula is C28H23NO4. The molecule has 0 bridgehead atoms. The average molecular weight is 437 g/mol. The molecule has 0 aromatic heterocycles. The maximum Gasteiger partial charge on any atom is 0.197 e. The lowest BCUT2D eigenvalue weighted by Crippen LogP contribution is -2.37. The fourth-order valence-electron chi connectivity index (χ4n) is 4.68. The van der Waals surface area contributed by atoms with Gasteiger partial charge in [0.05, 0.1) is 24.9 Å². The number of rotatable bonds is 5. The van der Waals surface area contributed by atoms with Crippen molar-refractivity contribution in [2.24, 2.45) is 0 Å². The first-order chi connectivity index (χ1) is 16.2. The van der Waals surface area contributed by atoms with Crippen molar-refractivity contribution in [3.05, 3.63) is 101 Å². The van der Waals surface area contributed by atoms with Crippen LogP contribution in [-0.2, 0) is 15.9 Å². The highest BCUT2D eigenvalue weighted by Crippen LogP contribution is 2.36. The molecule has 5 nitrogen and oxygen atoms in total. The van der Waals surface area contributed by atoms with Crippen LogP contribution in [-0.4, -0.2) is 43.5 Å². The fraction of sp³-hybridized carbons (Fsp3) is 0.214. The Morgan fingerprint density at radius 3 is 2.33 bits per heavy atom. The van der Waals surface area contributed by atoms with E-state index in [9.17, 15) is 9.59 Å². The van der Waals surface area contributed by atoms with E-state index in [1.165, 1.54) is 0 Å². The van der Waals surface area contributed by atoms with E-state index in [2.05, 4.69) is 29.2 Å². The SMILES string of the molecule is O=C1C(=Cc2ccc3c(c2)CC(OCC2CO2)CN3c2ccccc2)C(=O)c2ccccc21. The van der Waals surface area contributed by atoms with Crippen LogP contribution in [0, 0.1) is 0 Å². The average Bonchev–Trinajstić information content (AvgIpc) is 3.66. The number of para-hydroxylation sites is 1. The van der Waals surface area contributed by atoms with Crippen LogP contribution in [0.25, 0.3) is 6.08 Å². The highest BCUT2D eigenvalue weighted by molar-refractivity contribution is 6.41. The highest BCUT2D eigenvalue weighted by atomic mass is 16.6. The molecule has 2 unspecified atom stereocenters. The van der Waals surface area contributed by atoms with Crippen molar-refractivity contribution < 1.29 is 19.1 Å². The van der Waals surface area contributed by atoms with Gasteiger partial charge in [-0.15, -0.1) is 0 Å². The molecule has 0 spiro atoms. The van der Waals surface area contributed by atoms with E-state index in [1.54, 1.807) is 30.3 Å². The molecule has 2 heterocycles. The summed E-state index contributed by atoms with van der Waals surface area (Å²) in [5.74, 6) is -0.408. The minimum Gasteiger partial charge on any atom is -0.373 e. The summed E-state index contributed by atoms with van der Waals surface area (Å²) in [4.78, 5) is 27.9. The van der Waals surface area contributed by atoms with Crippen LogP contribution in [0.15, 0.2) is 78.4 Å². The molecule has 6 rings (SSSR count). The number of anilines is 2. The Balaban J connectivity index is 1.34. The van der Waals surface area contributed by atoms with Crippen LogP contribution in [0.2, 0.25) is 0 Å². The lowest BCUT2D eigenvalue weighted by Gasteiger charge is -2.36. The van der Waals surface area contributed by atoms with Crippen molar-refractivity contribution in [2.45, 2.75) is 18.6 Å². The van der Waals surface area contributed by atoms with Gasteiger partial charge in [0.25, 0.3) is 0 Å². The molecule has 3 aliphatic rings. The van der Waals surface area contributed by atoms with Gasteiger partial charge in [0.2, 0.25) is 0 Å². The highest BCUT2D eigenvalue weighted by Gasteiger charge is 2.33. The predicted octanol–water partition coefficient (Wildman–Crippen LogP) is 4.63. The van der Waals surface area contributed by atoms with Crippen molar-refractivity contribution in [3.63, 3.8) is 0 Å². The summed E-state index contributed by atoms with van der Waals surface area (Å²) in [6.45, 7) is 2.14. The lowest BCUT2D eigenvalue weighted by atomic mass is 9.95. The normalized spacial score (nSPS) is 21.1. The number of ketones is 2. The molecule has 1 aliphatic carbocycles. The molecule has 1 fully saturated rings. The third-order valence-corrected chi connectivity index (χ3v) is 6.43. The van der Waals surface area contributed by atoms with Gasteiger partial charge in [-0.1, -0.05) is 48.5 Å². The summed E-state index contributed by atoms with van der Waals surface area (Å²) in [7, 11) is 0. The zero-order chi connectivity index (χ0) is 22.4. The first-order valence-corrected chi connectivity index (χ1v) is 11.3. The summed E-state index contributed by atoms with van der Waals surface area (Å²) in [5, 5.41) is 0. The predicted molar refractivity (Wildman–Crippen MR) is 126 cm³/mol. The molecule has 0 saturated carbocycles. The Morgan fingerprint density at radius 2 is 1.64 bits per heavy atom. The van der Waals surface area contributed by atoms with Crippen molar-refractivity contribution in [2.75, 3.05) is 24.7 Å². The van der Waals surface area contributed by atoms with Crippen molar-refractivity contribution in [1.82, 2.24) is 0 Å². The Labute approximate surface area is 192 Å². The van der Waals surface area contributed by atoms with Crippen LogP contribution in [0.1, 0.15) is 31.8 Å². The first kappa shape index (κ1) is 20.1. The molecule has 33 heavy (non-hydrogen) atoms. The van der Waals surface area contributed by atoms with Crippen LogP contribution in [0.5, 0.6) is 0 Å². The summed E-state index contributed by atoms with van der Waals surface area (Å²) in [6, 6.07) is 23.4. The van der Waals surface area contributed by atoms with E-state index in [0.29, 0.717) is 17.7 Å². The summed E-state index contributed by atoms with van der Waals surface area (Å²) >= 11 is 0. The molecule has 3 aromatic carbocycles. The Hall–Kier alpha value is -3.54. The number of fused-ring (bicyclic) bond motifs is 2. The monoisotopic (exact) mass is 437 g/mol. The van der Waals surface area contributed by atoms with Gasteiger partial charge in [0.1, 0.15) is 6.10 Å². The van der Waals surface area contributed by atoms with Gasteiger partial charge < -0.3 is 14.4 Å². The minimum absolute atomic E-state index is 0.0313. The molecule has 2 atom stereocenters. The van der Waals surface area contributed by atoms with E-state index in [4.69, 9.17) is 9.47 Å². The molecule has 5 heteroatoms. The number of carbonyl (C=O) groups is 2. The number of ether oxygens (including phenoxy) is 2. The molecule has 0 radical (unpaired) electrons. The molecule has 3 aromatic rings. The van der Waals surface area contributed by atoms with E-state index >= 15 is 0 Å². The number of carbonyl (C=O) groups excluding carboxylic acids is 2. The number of Topliss-reactive ketones (excluding diaryl/α,β-unsaturated/α-hetero) is 2. The van der Waals surface area contributed by atoms with Gasteiger partial charge in [0, 0.05) is 35.5 Å². The lowest BCUT2D eigenvalue weighted by molar-refractivity contribution is 0.0462. The number of epoxide rings is 1. The van der Waals surface area contributed by atoms with Gasteiger partial charge in [-0.2, -0.15) is 0 Å². The zero-order valence-electron chi connectivity index (χ0n) is 18.1. The van der Waals surface area contributed by atoms with E-state index < -0.39 is 0 Å². The number of hydrogen-bond donors (Lipinski definition) is 0. The van der Waals surface area contributed by atoms with Gasteiger partial charge in [-0.3, -0.25) is 9.59 Å². The standard InChI is InChI=1S/C28H23NO4/c30-27-23-8-4-5-9-24(23)28(31)25(27)13-18-10-11-26-19(12-18)14-21(32-16-22-17-33-22)15-29(26)20-6-2-1-3-7-20/h1-13,21-22H,14-17H2. The quantitative estimate of drug-likeness (QED) is 0.331. The smallest absolute Gasteiger partial charge is 0.197 e. The zero-order valence-corrected chi connectivity index (χ0v) is 18.1. The van der Waals surface area contributed by atoms with E-state index in [-0.39, 0.29) is 29.3 Å². The summed E-state index contributed by atoms with van der Waals surface area (Å²) in [5.41, 5.74) is 5.41. The molecule has 2 aliphatic heterocycles. The molecule has 1 saturated heterocycles. The fourth-order valence-corrected chi connectivity index (χ4v) is 4.68. The van der Waals surface area contributed by atoms with Gasteiger partial charge in [-0.05, 0) is 41.5 Å². The van der Waals surface area contributed by atoms with Gasteiger partial charge in [0.15, 0.2) is 11.6 Å². The summed E-state index contributed by atoms with van der Waals surface area (Å²) < 4.78 is 11.5. The van der Waals surface area contributed by atoms with Crippen LogP contribution >= 0.6 is 0 Å². The van der Waals surface area contributed by atoms with Crippen LogP contribution in [0.3, 0.4) is 0 Å². The number of benzene rings is 3. The van der Waals surface area contributed by atoms with Crippen molar-refractivity contribution in [3.8, 4) is 0 Å². The topological polar surface area (TPSA) is 59.1 Å². The van der Waals surface area contributed by atoms with Crippen molar-refractivity contribution >= 4 is 29.0 Å². The minimum atomic E-state index is -0.204. The second kappa shape index (κ2) is 8.10. The Bertz CT molecular complexity index is 1240. The third-order valence-electron chi connectivity index (χ3n) is 6.43. The number of hydrogen-bond acceptors (Lipinski definition) is 5. The Morgan fingerprint density at radius 1 is 0.939 bits per heavy atom. The molecule has 164 valence electrons. The number of allylic oxidation sites excluding steroid dienone is 1. The third kappa shape index (κ3) is 3.80. The van der Waals surface area contributed by atoms with E-state index in [1.807, 2.05) is 24.3 Å².